The van der Waals surface area contributed by atoms with Crippen molar-refractivity contribution in [1.29, 1.82) is 0 Å². The summed E-state index contributed by atoms with van der Waals surface area (Å²) in [5, 5.41) is 3.81. The summed E-state index contributed by atoms with van der Waals surface area (Å²) in [6.45, 7) is 0.270. The molecule has 0 spiro atoms. The molecule has 0 aliphatic carbocycles. The summed E-state index contributed by atoms with van der Waals surface area (Å²) in [7, 11) is 3.03. The van der Waals surface area contributed by atoms with Crippen molar-refractivity contribution in [3.63, 3.8) is 0 Å². The Morgan fingerprint density at radius 2 is 1.94 bits per heavy atom. The molecule has 1 aliphatic rings. The van der Waals surface area contributed by atoms with E-state index in [1.165, 1.54) is 26.4 Å². The summed E-state index contributed by atoms with van der Waals surface area (Å²) < 4.78 is 54.7. The van der Waals surface area contributed by atoms with E-state index in [9.17, 15) is 18.0 Å². The van der Waals surface area contributed by atoms with Crippen molar-refractivity contribution in [2.45, 2.75) is 18.5 Å². The summed E-state index contributed by atoms with van der Waals surface area (Å²) in [4.78, 5) is 18.4. The van der Waals surface area contributed by atoms with Gasteiger partial charge in [0.25, 0.3) is 0 Å². The van der Waals surface area contributed by atoms with Gasteiger partial charge in [0.1, 0.15) is 11.5 Å². The van der Waals surface area contributed by atoms with Gasteiger partial charge in [-0.2, -0.15) is 18.2 Å². The van der Waals surface area contributed by atoms with Gasteiger partial charge in [-0.15, -0.1) is 0 Å². The molecule has 1 aromatic heterocycles. The van der Waals surface area contributed by atoms with E-state index in [1.54, 1.807) is 23.1 Å². The molecule has 0 saturated carbocycles. The number of amides is 1. The van der Waals surface area contributed by atoms with Gasteiger partial charge in [0, 0.05) is 24.6 Å². The number of halogens is 3. The number of rotatable bonds is 5. The van der Waals surface area contributed by atoms with Crippen molar-refractivity contribution in [3.05, 3.63) is 53.9 Å². The number of anilines is 1. The van der Waals surface area contributed by atoms with Gasteiger partial charge < -0.3 is 18.9 Å². The van der Waals surface area contributed by atoms with Gasteiger partial charge in [0.15, 0.2) is 0 Å². The lowest BCUT2D eigenvalue weighted by atomic mass is 10.1. The lowest BCUT2D eigenvalue weighted by Gasteiger charge is -2.19. The Labute approximate surface area is 175 Å². The van der Waals surface area contributed by atoms with Crippen LogP contribution in [0.25, 0.3) is 11.4 Å². The third-order valence-corrected chi connectivity index (χ3v) is 5.04. The van der Waals surface area contributed by atoms with Crippen LogP contribution < -0.4 is 14.4 Å². The number of aromatic nitrogens is 2. The molecule has 4 rings (SSSR count). The number of hydrogen-bond acceptors (Lipinski definition) is 6. The number of carbonyl (C=O) groups excluding carboxylic acids is 1. The fourth-order valence-corrected chi connectivity index (χ4v) is 3.47. The van der Waals surface area contributed by atoms with Crippen molar-refractivity contribution in [1.82, 2.24) is 10.1 Å². The lowest BCUT2D eigenvalue weighted by Crippen LogP contribution is -2.24. The van der Waals surface area contributed by atoms with E-state index < -0.39 is 17.7 Å². The van der Waals surface area contributed by atoms with Crippen molar-refractivity contribution in [2.24, 2.45) is 0 Å². The molecule has 162 valence electrons. The number of ether oxygens (including phenoxy) is 2. The number of methoxy groups -OCH3 is 2. The van der Waals surface area contributed by atoms with Crippen LogP contribution in [0.5, 0.6) is 11.5 Å². The van der Waals surface area contributed by atoms with Gasteiger partial charge in [-0.25, -0.2) is 0 Å². The van der Waals surface area contributed by atoms with Crippen molar-refractivity contribution in [2.75, 3.05) is 25.7 Å². The minimum absolute atomic E-state index is 0.0361. The molecule has 1 amide bonds. The Balaban J connectivity index is 1.57. The maximum atomic E-state index is 13.0. The molecule has 0 unspecified atom stereocenters. The second-order valence-electron chi connectivity index (χ2n) is 6.98. The molecule has 1 fully saturated rings. The van der Waals surface area contributed by atoms with Gasteiger partial charge in [0.05, 0.1) is 31.4 Å². The fourth-order valence-electron chi connectivity index (χ4n) is 3.47. The second-order valence-corrected chi connectivity index (χ2v) is 6.98. The molecular weight excluding hydrogens is 415 g/mol. The normalized spacial score (nSPS) is 16.6. The van der Waals surface area contributed by atoms with E-state index in [0.29, 0.717) is 17.2 Å². The largest absolute Gasteiger partial charge is 0.497 e. The number of alkyl halides is 3. The molecule has 1 atom stereocenters. The Bertz CT molecular complexity index is 1110. The Hall–Kier alpha value is -3.56. The van der Waals surface area contributed by atoms with Crippen molar-refractivity contribution >= 4 is 11.6 Å². The number of carbonyl (C=O) groups is 1. The molecule has 1 saturated heterocycles. The Morgan fingerprint density at radius 3 is 2.65 bits per heavy atom. The van der Waals surface area contributed by atoms with E-state index in [0.717, 1.165) is 12.1 Å². The second kappa shape index (κ2) is 7.93. The first-order chi connectivity index (χ1) is 14.8. The first-order valence-electron chi connectivity index (χ1n) is 9.33. The topological polar surface area (TPSA) is 77.7 Å². The van der Waals surface area contributed by atoms with Gasteiger partial charge in [-0.3, -0.25) is 4.79 Å². The highest BCUT2D eigenvalue weighted by Gasteiger charge is 2.37. The third kappa shape index (κ3) is 4.05. The first-order valence-corrected chi connectivity index (χ1v) is 9.33. The van der Waals surface area contributed by atoms with Crippen LogP contribution in [0.4, 0.5) is 18.9 Å². The lowest BCUT2D eigenvalue weighted by molar-refractivity contribution is -0.137. The van der Waals surface area contributed by atoms with Gasteiger partial charge in [-0.1, -0.05) is 17.3 Å². The summed E-state index contributed by atoms with van der Waals surface area (Å²) in [5.74, 6) is 0.735. The monoisotopic (exact) mass is 433 g/mol. The molecule has 0 bridgehead atoms. The van der Waals surface area contributed by atoms with E-state index >= 15 is 0 Å². The molecular formula is C21H18F3N3O4. The van der Waals surface area contributed by atoms with Crippen LogP contribution in [0.15, 0.2) is 47.0 Å². The van der Waals surface area contributed by atoms with Crippen LogP contribution in [0, 0.1) is 0 Å². The molecule has 0 N–H and O–H groups in total. The average Bonchev–Trinajstić information content (AvgIpc) is 3.40. The number of hydrogen-bond donors (Lipinski definition) is 0. The highest BCUT2D eigenvalue weighted by atomic mass is 19.4. The molecule has 10 heteroatoms. The SMILES string of the molecule is COc1ccc(N2C[C@H](c3nc(-c4cccc(C(F)(F)F)c4)no3)CC2=O)c(OC)c1. The van der Waals surface area contributed by atoms with E-state index in [-0.39, 0.29) is 36.2 Å². The van der Waals surface area contributed by atoms with Crippen LogP contribution in [0.1, 0.15) is 23.8 Å². The number of nitrogens with zero attached hydrogens (tertiary/aromatic N) is 3. The van der Waals surface area contributed by atoms with Gasteiger partial charge in [-0.05, 0) is 24.3 Å². The minimum atomic E-state index is -4.47. The van der Waals surface area contributed by atoms with Crippen LogP contribution in [-0.2, 0) is 11.0 Å². The number of benzene rings is 2. The van der Waals surface area contributed by atoms with Crippen LogP contribution in [0.3, 0.4) is 0 Å². The highest BCUT2D eigenvalue weighted by Crippen LogP contribution is 2.38. The maximum absolute atomic E-state index is 13.0. The molecule has 7 nitrogen and oxygen atoms in total. The molecule has 2 heterocycles. The Kier molecular flexibility index (Phi) is 5.30. The molecule has 3 aromatic rings. The summed E-state index contributed by atoms with van der Waals surface area (Å²) in [6.07, 6.45) is -4.35. The standard InChI is InChI=1S/C21H18F3N3O4/c1-29-15-6-7-16(17(10-15)30-2)27-11-13(9-18(27)28)20-25-19(26-31-20)12-4-3-5-14(8-12)21(22,23)24/h3-8,10,13H,9,11H2,1-2H3/t13-/m1/s1. The van der Waals surface area contributed by atoms with Gasteiger partial charge in [0.2, 0.25) is 17.6 Å². The van der Waals surface area contributed by atoms with Crippen LogP contribution in [0.2, 0.25) is 0 Å². The van der Waals surface area contributed by atoms with Crippen molar-refractivity contribution < 1.29 is 32.0 Å². The molecule has 31 heavy (non-hydrogen) atoms. The molecule has 1 aliphatic heterocycles. The quantitative estimate of drug-likeness (QED) is 0.597. The van der Waals surface area contributed by atoms with E-state index in [1.807, 2.05) is 0 Å². The first kappa shape index (κ1) is 20.7. The third-order valence-electron chi connectivity index (χ3n) is 5.04. The van der Waals surface area contributed by atoms with Crippen molar-refractivity contribution in [3.8, 4) is 22.9 Å². The minimum Gasteiger partial charge on any atom is -0.497 e. The van der Waals surface area contributed by atoms with E-state index in [4.69, 9.17) is 14.0 Å². The zero-order valence-electron chi connectivity index (χ0n) is 16.6. The van der Waals surface area contributed by atoms with Gasteiger partial charge >= 0.3 is 6.18 Å². The summed E-state index contributed by atoms with van der Waals surface area (Å²) >= 11 is 0. The highest BCUT2D eigenvalue weighted by molar-refractivity contribution is 5.97. The molecule has 0 radical (unpaired) electrons. The predicted molar refractivity (Wildman–Crippen MR) is 104 cm³/mol. The average molecular weight is 433 g/mol. The fraction of sp³-hybridized carbons (Fsp3) is 0.286. The maximum Gasteiger partial charge on any atom is 0.416 e. The predicted octanol–water partition coefficient (Wildman–Crippen LogP) is 4.29. The van der Waals surface area contributed by atoms with Crippen LogP contribution >= 0.6 is 0 Å². The smallest absolute Gasteiger partial charge is 0.416 e. The zero-order valence-corrected chi connectivity index (χ0v) is 16.6. The van der Waals surface area contributed by atoms with Crippen LogP contribution in [-0.4, -0.2) is 36.8 Å². The van der Waals surface area contributed by atoms with E-state index in [2.05, 4.69) is 10.1 Å². The molecule has 2 aromatic carbocycles. The zero-order chi connectivity index (χ0) is 22.2. The Morgan fingerprint density at radius 1 is 1.13 bits per heavy atom. The summed E-state index contributed by atoms with van der Waals surface area (Å²) in [6, 6.07) is 9.80. The summed E-state index contributed by atoms with van der Waals surface area (Å²) in [5.41, 5.74) is -0.0404.